The van der Waals surface area contributed by atoms with Gasteiger partial charge in [-0.1, -0.05) is 59.8 Å². The minimum absolute atomic E-state index is 0.0171. The summed E-state index contributed by atoms with van der Waals surface area (Å²) in [4.78, 5) is 24.6. The van der Waals surface area contributed by atoms with Gasteiger partial charge in [-0.2, -0.15) is 0 Å². The van der Waals surface area contributed by atoms with Crippen LogP contribution in [0.2, 0.25) is 5.02 Å². The molecule has 1 heterocycles. The van der Waals surface area contributed by atoms with Crippen LogP contribution in [0, 0.1) is 6.92 Å². The van der Waals surface area contributed by atoms with Gasteiger partial charge in [0.1, 0.15) is 0 Å². The van der Waals surface area contributed by atoms with Gasteiger partial charge in [-0.25, -0.2) is 0 Å². The Bertz CT molecular complexity index is 1260. The van der Waals surface area contributed by atoms with Crippen molar-refractivity contribution in [3.8, 4) is 17.1 Å². The monoisotopic (exact) mass is 462 g/mol. The van der Waals surface area contributed by atoms with Crippen LogP contribution in [0.25, 0.3) is 17.1 Å². The van der Waals surface area contributed by atoms with E-state index in [0.29, 0.717) is 21.6 Å². The molecule has 1 N–H and O–H groups in total. The number of amides is 2. The lowest BCUT2D eigenvalue weighted by molar-refractivity contribution is -0.117. The molecule has 160 valence electrons. The van der Waals surface area contributed by atoms with E-state index >= 15 is 0 Å². The van der Waals surface area contributed by atoms with Crippen LogP contribution in [0.15, 0.2) is 84.0 Å². The van der Waals surface area contributed by atoms with Crippen molar-refractivity contribution < 1.29 is 9.59 Å². The lowest BCUT2D eigenvalue weighted by Gasteiger charge is -2.13. The smallest absolute Gasteiger partial charge is 0.257 e. The summed E-state index contributed by atoms with van der Waals surface area (Å²) >= 11 is 7.25. The third-order valence-corrected chi connectivity index (χ3v) is 5.89. The normalized spacial score (nSPS) is 10.7. The number of hydrogen-bond donors (Lipinski definition) is 1. The highest BCUT2D eigenvalue weighted by Gasteiger charge is 2.19. The maximum atomic E-state index is 12.4. The average molecular weight is 463 g/mol. The SMILES string of the molecule is Cc1ccccc1-n1c(SCC(=O)NC(=O)c2ccccc2)nnc1-c1ccc(Cl)cc1. The Morgan fingerprint density at radius 3 is 2.34 bits per heavy atom. The number of para-hydroxylation sites is 1. The molecule has 0 saturated carbocycles. The van der Waals surface area contributed by atoms with Crippen molar-refractivity contribution in [3.63, 3.8) is 0 Å². The molecule has 6 nitrogen and oxygen atoms in total. The van der Waals surface area contributed by atoms with Crippen LogP contribution in [-0.4, -0.2) is 32.3 Å². The molecule has 3 aromatic carbocycles. The number of halogens is 1. The minimum Gasteiger partial charge on any atom is -0.292 e. The minimum atomic E-state index is -0.432. The van der Waals surface area contributed by atoms with Crippen LogP contribution in [-0.2, 0) is 4.79 Å². The Kier molecular flexibility index (Phi) is 6.68. The van der Waals surface area contributed by atoms with Gasteiger partial charge in [0.05, 0.1) is 11.4 Å². The molecule has 0 unspecified atom stereocenters. The molecular formula is C24H19ClN4O2S. The summed E-state index contributed by atoms with van der Waals surface area (Å²) in [5.41, 5.74) is 3.22. The lowest BCUT2D eigenvalue weighted by Crippen LogP contribution is -2.31. The third kappa shape index (κ3) is 4.90. The first-order valence-electron chi connectivity index (χ1n) is 9.82. The second-order valence-electron chi connectivity index (χ2n) is 6.97. The molecule has 0 fully saturated rings. The largest absolute Gasteiger partial charge is 0.292 e. The maximum absolute atomic E-state index is 12.4. The van der Waals surface area contributed by atoms with E-state index in [-0.39, 0.29) is 5.75 Å². The number of benzene rings is 3. The highest BCUT2D eigenvalue weighted by molar-refractivity contribution is 7.99. The number of thioether (sulfide) groups is 1. The van der Waals surface area contributed by atoms with E-state index in [1.165, 1.54) is 11.8 Å². The highest BCUT2D eigenvalue weighted by Crippen LogP contribution is 2.30. The molecule has 0 radical (unpaired) electrons. The lowest BCUT2D eigenvalue weighted by atomic mass is 10.1. The first-order valence-corrected chi connectivity index (χ1v) is 11.2. The Hall–Kier alpha value is -3.42. The van der Waals surface area contributed by atoms with Gasteiger partial charge < -0.3 is 0 Å². The summed E-state index contributed by atoms with van der Waals surface area (Å²) in [6.07, 6.45) is 0. The standard InChI is InChI=1S/C24H19ClN4O2S/c1-16-7-5-6-10-20(16)29-22(17-11-13-19(25)14-12-17)27-28-24(29)32-15-21(30)26-23(31)18-8-3-2-4-9-18/h2-14H,15H2,1H3,(H,26,30,31). The number of rotatable bonds is 6. The van der Waals surface area contributed by atoms with Crippen molar-refractivity contribution in [2.24, 2.45) is 0 Å². The number of nitrogens with zero attached hydrogens (tertiary/aromatic N) is 3. The molecule has 0 bridgehead atoms. The van der Waals surface area contributed by atoms with Crippen molar-refractivity contribution in [1.82, 2.24) is 20.1 Å². The Balaban J connectivity index is 1.58. The van der Waals surface area contributed by atoms with Gasteiger partial charge in [-0.15, -0.1) is 10.2 Å². The molecule has 4 aromatic rings. The quantitative estimate of drug-likeness (QED) is 0.410. The molecule has 2 amide bonds. The van der Waals surface area contributed by atoms with Gasteiger partial charge in [0.15, 0.2) is 11.0 Å². The first kappa shape index (κ1) is 21.8. The van der Waals surface area contributed by atoms with Gasteiger partial charge in [0.25, 0.3) is 5.91 Å². The van der Waals surface area contributed by atoms with Crippen LogP contribution < -0.4 is 5.32 Å². The molecule has 0 atom stereocenters. The zero-order valence-electron chi connectivity index (χ0n) is 17.2. The summed E-state index contributed by atoms with van der Waals surface area (Å²) in [6.45, 7) is 2.00. The fraction of sp³-hybridized carbons (Fsp3) is 0.0833. The molecule has 4 rings (SSSR count). The van der Waals surface area contributed by atoms with E-state index in [0.717, 1.165) is 16.8 Å². The Labute approximate surface area is 194 Å². The van der Waals surface area contributed by atoms with Crippen molar-refractivity contribution in [3.05, 3.63) is 95.0 Å². The number of aromatic nitrogens is 3. The topological polar surface area (TPSA) is 76.9 Å². The Morgan fingerprint density at radius 1 is 0.938 bits per heavy atom. The van der Waals surface area contributed by atoms with Crippen LogP contribution in [0.3, 0.4) is 0 Å². The van der Waals surface area contributed by atoms with Crippen LogP contribution >= 0.6 is 23.4 Å². The zero-order valence-corrected chi connectivity index (χ0v) is 18.7. The summed E-state index contributed by atoms with van der Waals surface area (Å²) in [7, 11) is 0. The van der Waals surface area contributed by atoms with E-state index in [2.05, 4.69) is 15.5 Å². The second-order valence-corrected chi connectivity index (χ2v) is 8.35. The zero-order chi connectivity index (χ0) is 22.5. The molecule has 0 aliphatic heterocycles. The first-order chi connectivity index (χ1) is 15.5. The number of aryl methyl sites for hydroxylation is 1. The highest BCUT2D eigenvalue weighted by atomic mass is 35.5. The molecular weight excluding hydrogens is 444 g/mol. The van der Waals surface area contributed by atoms with Gasteiger partial charge in [0.2, 0.25) is 5.91 Å². The second kappa shape index (κ2) is 9.80. The maximum Gasteiger partial charge on any atom is 0.257 e. The molecule has 0 saturated heterocycles. The summed E-state index contributed by atoms with van der Waals surface area (Å²) in [5, 5.41) is 12.3. The molecule has 0 aliphatic rings. The molecule has 0 spiro atoms. The summed E-state index contributed by atoms with van der Waals surface area (Å²) < 4.78 is 1.91. The van der Waals surface area contributed by atoms with Crippen molar-refractivity contribution in [2.75, 3.05) is 5.75 Å². The molecule has 8 heteroatoms. The molecule has 32 heavy (non-hydrogen) atoms. The van der Waals surface area contributed by atoms with Crippen molar-refractivity contribution >= 4 is 35.2 Å². The van der Waals surface area contributed by atoms with Gasteiger partial charge >= 0.3 is 0 Å². The van der Waals surface area contributed by atoms with Gasteiger partial charge in [-0.05, 0) is 55.0 Å². The Morgan fingerprint density at radius 2 is 1.62 bits per heavy atom. The van der Waals surface area contributed by atoms with E-state index in [9.17, 15) is 9.59 Å². The van der Waals surface area contributed by atoms with Crippen molar-refractivity contribution in [1.29, 1.82) is 0 Å². The number of imide groups is 1. The number of carbonyl (C=O) groups is 2. The van der Waals surface area contributed by atoms with E-state index in [4.69, 9.17) is 11.6 Å². The van der Waals surface area contributed by atoms with Crippen molar-refractivity contribution in [2.45, 2.75) is 12.1 Å². The van der Waals surface area contributed by atoms with Crippen LogP contribution in [0.4, 0.5) is 0 Å². The molecule has 0 aliphatic carbocycles. The predicted molar refractivity (Wildman–Crippen MR) is 126 cm³/mol. The summed E-state index contributed by atoms with van der Waals surface area (Å²) in [5.74, 6) is -0.183. The predicted octanol–water partition coefficient (Wildman–Crippen LogP) is 4.94. The van der Waals surface area contributed by atoms with Crippen LogP contribution in [0.1, 0.15) is 15.9 Å². The number of hydrogen-bond acceptors (Lipinski definition) is 5. The number of carbonyl (C=O) groups excluding carboxylic acids is 2. The summed E-state index contributed by atoms with van der Waals surface area (Å²) in [6, 6.07) is 23.8. The van der Waals surface area contributed by atoms with Gasteiger partial charge in [0, 0.05) is 16.1 Å². The number of nitrogens with one attached hydrogen (secondary N) is 1. The fourth-order valence-electron chi connectivity index (χ4n) is 3.14. The van der Waals surface area contributed by atoms with E-state index in [1.807, 2.05) is 54.0 Å². The van der Waals surface area contributed by atoms with E-state index < -0.39 is 11.8 Å². The van der Waals surface area contributed by atoms with Gasteiger partial charge in [-0.3, -0.25) is 19.5 Å². The van der Waals surface area contributed by atoms with Crippen LogP contribution in [0.5, 0.6) is 0 Å². The third-order valence-electron chi connectivity index (χ3n) is 4.71. The van der Waals surface area contributed by atoms with E-state index in [1.54, 1.807) is 36.4 Å². The average Bonchev–Trinajstić information content (AvgIpc) is 3.23. The fourth-order valence-corrected chi connectivity index (χ4v) is 4.01. The molecule has 1 aromatic heterocycles.